The van der Waals surface area contributed by atoms with Crippen molar-refractivity contribution in [1.29, 1.82) is 0 Å². The number of amides is 2. The van der Waals surface area contributed by atoms with Crippen LogP contribution in [0.2, 0.25) is 0 Å². The molecule has 1 heterocycles. The summed E-state index contributed by atoms with van der Waals surface area (Å²) in [5.74, 6) is -0.482. The van der Waals surface area contributed by atoms with Gasteiger partial charge in [-0.05, 0) is 31.5 Å². The summed E-state index contributed by atoms with van der Waals surface area (Å²) in [5, 5.41) is 0.213. The molecule has 4 heteroatoms. The van der Waals surface area contributed by atoms with Crippen LogP contribution in [0, 0.1) is 13.8 Å². The van der Waals surface area contributed by atoms with Crippen molar-refractivity contribution in [3.63, 3.8) is 0 Å². The first-order chi connectivity index (χ1) is 11.9. The van der Waals surface area contributed by atoms with Crippen molar-refractivity contribution in [3.05, 3.63) is 70.1 Å². The van der Waals surface area contributed by atoms with Gasteiger partial charge in [0.2, 0.25) is 0 Å². The molecule has 0 aromatic heterocycles. The molecule has 2 amide bonds. The zero-order chi connectivity index (χ0) is 18.1. The van der Waals surface area contributed by atoms with Crippen LogP contribution in [0.3, 0.4) is 0 Å². The van der Waals surface area contributed by atoms with Gasteiger partial charge in [-0.3, -0.25) is 9.59 Å². The van der Waals surface area contributed by atoms with Crippen molar-refractivity contribution in [2.45, 2.75) is 32.9 Å². The van der Waals surface area contributed by atoms with Gasteiger partial charge in [0, 0.05) is 5.25 Å². The molecule has 3 rings (SSSR count). The van der Waals surface area contributed by atoms with Crippen molar-refractivity contribution in [2.75, 3.05) is 4.90 Å². The first-order valence-electron chi connectivity index (χ1n) is 8.32. The molecule has 25 heavy (non-hydrogen) atoms. The Labute approximate surface area is 152 Å². The summed E-state index contributed by atoms with van der Waals surface area (Å²) in [6, 6.07) is 15.2. The molecule has 128 valence electrons. The maximum atomic E-state index is 13.1. The van der Waals surface area contributed by atoms with E-state index in [0.29, 0.717) is 16.2 Å². The van der Waals surface area contributed by atoms with Gasteiger partial charge in [0.05, 0.1) is 16.2 Å². The predicted octanol–water partition coefficient (Wildman–Crippen LogP) is 4.73. The average molecular weight is 351 g/mol. The topological polar surface area (TPSA) is 37.4 Å². The molecule has 2 aromatic rings. The Hall–Kier alpha value is -2.33. The summed E-state index contributed by atoms with van der Waals surface area (Å²) < 4.78 is 0. The standard InChI is InChI=1S/C21H21NO2S/c1-13(2)25-19-18(16-9-5-14(3)6-10-16)20(23)22(21(19)24)17-11-7-15(4)8-12-17/h5-13H,1-4H3. The van der Waals surface area contributed by atoms with Crippen LogP contribution in [0.25, 0.3) is 5.57 Å². The lowest BCUT2D eigenvalue weighted by Crippen LogP contribution is -2.31. The van der Waals surface area contributed by atoms with Gasteiger partial charge in [-0.25, -0.2) is 4.90 Å². The maximum absolute atomic E-state index is 13.1. The Bertz CT molecular complexity index is 848. The van der Waals surface area contributed by atoms with Crippen LogP contribution in [-0.4, -0.2) is 17.1 Å². The Kier molecular flexibility index (Phi) is 4.82. The van der Waals surface area contributed by atoms with Gasteiger partial charge in [-0.15, -0.1) is 11.8 Å². The Morgan fingerprint density at radius 2 is 1.32 bits per heavy atom. The third kappa shape index (κ3) is 3.40. The first-order valence-corrected chi connectivity index (χ1v) is 9.20. The highest BCUT2D eigenvalue weighted by atomic mass is 32.2. The smallest absolute Gasteiger partial charge is 0.268 e. The minimum atomic E-state index is -0.249. The van der Waals surface area contributed by atoms with E-state index >= 15 is 0 Å². The highest BCUT2D eigenvalue weighted by Crippen LogP contribution is 2.39. The molecule has 2 aromatic carbocycles. The second-order valence-electron chi connectivity index (χ2n) is 6.52. The third-order valence-electron chi connectivity index (χ3n) is 4.03. The summed E-state index contributed by atoms with van der Waals surface area (Å²) in [4.78, 5) is 27.9. The Morgan fingerprint density at radius 1 is 0.800 bits per heavy atom. The Morgan fingerprint density at radius 3 is 1.84 bits per heavy atom. The van der Waals surface area contributed by atoms with E-state index in [1.54, 1.807) is 0 Å². The number of carbonyl (C=O) groups is 2. The number of imide groups is 1. The maximum Gasteiger partial charge on any atom is 0.272 e. The number of rotatable bonds is 4. The average Bonchev–Trinajstić information content (AvgIpc) is 2.80. The van der Waals surface area contributed by atoms with E-state index < -0.39 is 0 Å². The van der Waals surface area contributed by atoms with Crippen molar-refractivity contribution < 1.29 is 9.59 Å². The lowest BCUT2D eigenvalue weighted by Gasteiger charge is -2.15. The van der Waals surface area contributed by atoms with E-state index in [1.165, 1.54) is 16.7 Å². The molecule has 1 aliphatic rings. The molecule has 0 N–H and O–H groups in total. The van der Waals surface area contributed by atoms with E-state index in [9.17, 15) is 9.59 Å². The van der Waals surface area contributed by atoms with Gasteiger partial charge < -0.3 is 0 Å². The molecule has 0 bridgehead atoms. The van der Waals surface area contributed by atoms with Crippen molar-refractivity contribution >= 4 is 34.8 Å². The molecular formula is C21H21NO2S. The number of benzene rings is 2. The lowest BCUT2D eigenvalue weighted by atomic mass is 10.0. The quantitative estimate of drug-likeness (QED) is 0.747. The molecule has 0 saturated heterocycles. The van der Waals surface area contributed by atoms with Crippen LogP contribution in [0.4, 0.5) is 5.69 Å². The van der Waals surface area contributed by atoms with Crippen LogP contribution in [-0.2, 0) is 9.59 Å². The van der Waals surface area contributed by atoms with Gasteiger partial charge in [0.15, 0.2) is 0 Å². The number of hydrogen-bond donors (Lipinski definition) is 0. The third-order valence-corrected chi connectivity index (χ3v) is 5.11. The fraction of sp³-hybridized carbons (Fsp3) is 0.238. The van der Waals surface area contributed by atoms with Crippen LogP contribution in [0.5, 0.6) is 0 Å². The van der Waals surface area contributed by atoms with E-state index in [1.807, 2.05) is 76.2 Å². The van der Waals surface area contributed by atoms with E-state index in [-0.39, 0.29) is 17.1 Å². The number of anilines is 1. The second kappa shape index (κ2) is 6.89. The van der Waals surface area contributed by atoms with Crippen LogP contribution >= 0.6 is 11.8 Å². The summed E-state index contributed by atoms with van der Waals surface area (Å²) >= 11 is 1.45. The number of nitrogens with zero attached hydrogens (tertiary/aromatic N) is 1. The van der Waals surface area contributed by atoms with Crippen LogP contribution < -0.4 is 4.90 Å². The molecule has 1 aliphatic heterocycles. The summed E-state index contributed by atoms with van der Waals surface area (Å²) in [6.45, 7) is 8.03. The first kappa shape index (κ1) is 17.5. The minimum absolute atomic E-state index is 0.213. The van der Waals surface area contributed by atoms with Crippen molar-refractivity contribution in [3.8, 4) is 0 Å². The fourth-order valence-corrected chi connectivity index (χ4v) is 3.74. The van der Waals surface area contributed by atoms with Gasteiger partial charge in [-0.2, -0.15) is 0 Å². The highest BCUT2D eigenvalue weighted by molar-refractivity contribution is 8.04. The van der Waals surface area contributed by atoms with E-state index in [4.69, 9.17) is 0 Å². The summed E-state index contributed by atoms with van der Waals surface area (Å²) in [7, 11) is 0. The van der Waals surface area contributed by atoms with Gasteiger partial charge >= 0.3 is 0 Å². The summed E-state index contributed by atoms with van der Waals surface area (Å²) in [6.07, 6.45) is 0. The zero-order valence-corrected chi connectivity index (χ0v) is 15.7. The van der Waals surface area contributed by atoms with E-state index in [0.717, 1.165) is 16.7 Å². The lowest BCUT2D eigenvalue weighted by molar-refractivity contribution is -0.119. The number of hydrogen-bond acceptors (Lipinski definition) is 3. The number of carbonyl (C=O) groups excluding carboxylic acids is 2. The molecular weight excluding hydrogens is 330 g/mol. The monoisotopic (exact) mass is 351 g/mol. The van der Waals surface area contributed by atoms with Crippen molar-refractivity contribution in [1.82, 2.24) is 0 Å². The molecule has 0 saturated carbocycles. The van der Waals surface area contributed by atoms with Crippen molar-refractivity contribution in [2.24, 2.45) is 0 Å². The predicted molar refractivity (Wildman–Crippen MR) is 104 cm³/mol. The minimum Gasteiger partial charge on any atom is -0.268 e. The second-order valence-corrected chi connectivity index (χ2v) is 8.10. The molecule has 0 spiro atoms. The largest absolute Gasteiger partial charge is 0.272 e. The molecule has 0 atom stereocenters. The van der Waals surface area contributed by atoms with Crippen LogP contribution in [0.15, 0.2) is 53.4 Å². The zero-order valence-electron chi connectivity index (χ0n) is 14.9. The van der Waals surface area contributed by atoms with Gasteiger partial charge in [0.1, 0.15) is 0 Å². The molecule has 0 unspecified atom stereocenters. The fourth-order valence-electron chi connectivity index (χ4n) is 2.76. The van der Waals surface area contributed by atoms with E-state index in [2.05, 4.69) is 0 Å². The molecule has 3 nitrogen and oxygen atoms in total. The van der Waals surface area contributed by atoms with Gasteiger partial charge in [0.25, 0.3) is 11.8 Å². The Balaban J connectivity index is 2.09. The SMILES string of the molecule is Cc1ccc(C2=C(SC(C)C)C(=O)N(c3ccc(C)cc3)C2=O)cc1. The molecule has 0 radical (unpaired) electrons. The van der Waals surface area contributed by atoms with Crippen LogP contribution in [0.1, 0.15) is 30.5 Å². The number of thioether (sulfide) groups is 1. The number of aryl methyl sites for hydroxylation is 2. The summed E-state index contributed by atoms with van der Waals surface area (Å²) in [5.41, 5.74) is 4.12. The highest BCUT2D eigenvalue weighted by Gasteiger charge is 2.40. The molecule has 0 aliphatic carbocycles. The van der Waals surface area contributed by atoms with Gasteiger partial charge in [-0.1, -0.05) is 61.4 Å². The molecule has 0 fully saturated rings. The normalized spacial score (nSPS) is 14.8.